The van der Waals surface area contributed by atoms with Crippen LogP contribution in [0.15, 0.2) is 12.1 Å². The van der Waals surface area contributed by atoms with E-state index in [1.165, 1.54) is 0 Å². The second-order valence-corrected chi connectivity index (χ2v) is 5.25. The molecule has 0 spiro atoms. The monoisotopic (exact) mass is 294 g/mol. The Kier molecular flexibility index (Phi) is 6.29. The van der Waals surface area contributed by atoms with Gasteiger partial charge in [-0.2, -0.15) is 0 Å². The van der Waals surface area contributed by atoms with E-state index in [4.69, 9.17) is 14.2 Å². The van der Waals surface area contributed by atoms with Gasteiger partial charge in [-0.3, -0.25) is 0 Å². The third-order valence-corrected chi connectivity index (χ3v) is 3.87. The predicted octanol–water partition coefficient (Wildman–Crippen LogP) is 1.30. The van der Waals surface area contributed by atoms with E-state index in [9.17, 15) is 0 Å². The molecule has 1 fully saturated rings. The summed E-state index contributed by atoms with van der Waals surface area (Å²) in [6.45, 7) is 5.93. The Morgan fingerprint density at radius 2 is 1.67 bits per heavy atom. The molecule has 2 rings (SSSR count). The molecule has 1 heterocycles. The van der Waals surface area contributed by atoms with E-state index in [0.717, 1.165) is 61.8 Å². The van der Waals surface area contributed by atoms with Crippen LogP contribution in [0.5, 0.6) is 11.5 Å². The molecule has 5 nitrogen and oxygen atoms in total. The lowest BCUT2D eigenvalue weighted by atomic mass is 10.1. The number of piperazine rings is 1. The fraction of sp³-hybridized carbons (Fsp3) is 0.625. The Morgan fingerprint density at radius 1 is 1.05 bits per heavy atom. The topological polar surface area (TPSA) is 43.0 Å². The smallest absolute Gasteiger partial charge is 0.126 e. The van der Waals surface area contributed by atoms with Crippen molar-refractivity contribution >= 4 is 0 Å². The minimum Gasteiger partial charge on any atom is -0.496 e. The van der Waals surface area contributed by atoms with Gasteiger partial charge in [0.15, 0.2) is 0 Å². The van der Waals surface area contributed by atoms with E-state index in [0.29, 0.717) is 6.61 Å². The molecule has 0 aromatic heterocycles. The number of rotatable bonds is 7. The van der Waals surface area contributed by atoms with Crippen molar-refractivity contribution in [3.05, 3.63) is 23.3 Å². The zero-order chi connectivity index (χ0) is 15.1. The first-order valence-electron chi connectivity index (χ1n) is 7.44. The number of benzene rings is 1. The van der Waals surface area contributed by atoms with Gasteiger partial charge in [0, 0.05) is 45.4 Å². The van der Waals surface area contributed by atoms with Gasteiger partial charge in [0.05, 0.1) is 20.8 Å². The second kappa shape index (κ2) is 8.22. The van der Waals surface area contributed by atoms with E-state index < -0.39 is 0 Å². The van der Waals surface area contributed by atoms with Gasteiger partial charge in [-0.25, -0.2) is 0 Å². The van der Waals surface area contributed by atoms with Crippen LogP contribution in [0.2, 0.25) is 0 Å². The summed E-state index contributed by atoms with van der Waals surface area (Å²) in [6.07, 6.45) is 0.930. The van der Waals surface area contributed by atoms with Crippen molar-refractivity contribution in [1.29, 1.82) is 0 Å². The molecule has 1 aliphatic heterocycles. The van der Waals surface area contributed by atoms with Crippen molar-refractivity contribution in [2.45, 2.75) is 13.0 Å². The quantitative estimate of drug-likeness (QED) is 0.821. The summed E-state index contributed by atoms with van der Waals surface area (Å²) >= 11 is 0. The molecule has 0 atom stereocenters. The van der Waals surface area contributed by atoms with Crippen molar-refractivity contribution in [2.75, 3.05) is 54.1 Å². The number of hydrogen-bond donors (Lipinski definition) is 1. The van der Waals surface area contributed by atoms with Crippen LogP contribution in [-0.4, -0.2) is 59.0 Å². The molecule has 21 heavy (non-hydrogen) atoms. The summed E-state index contributed by atoms with van der Waals surface area (Å²) in [4.78, 5) is 2.47. The summed E-state index contributed by atoms with van der Waals surface area (Å²) in [5.41, 5.74) is 2.20. The molecule has 1 N–H and O–H groups in total. The molecule has 0 aliphatic carbocycles. The number of nitrogens with zero attached hydrogens (tertiary/aromatic N) is 1. The van der Waals surface area contributed by atoms with Gasteiger partial charge < -0.3 is 24.4 Å². The number of hydrogen-bond acceptors (Lipinski definition) is 5. The zero-order valence-corrected chi connectivity index (χ0v) is 13.3. The fourth-order valence-electron chi connectivity index (χ4n) is 2.74. The molecule has 1 aliphatic rings. The summed E-state index contributed by atoms with van der Waals surface area (Å²) in [6, 6.07) is 4.08. The van der Waals surface area contributed by atoms with Crippen LogP contribution in [0, 0.1) is 0 Å². The highest BCUT2D eigenvalue weighted by Gasteiger charge is 2.15. The van der Waals surface area contributed by atoms with Crippen LogP contribution in [0.3, 0.4) is 0 Å². The minimum atomic E-state index is 0.560. The highest BCUT2D eigenvalue weighted by molar-refractivity contribution is 5.48. The Morgan fingerprint density at radius 3 is 2.19 bits per heavy atom. The third-order valence-electron chi connectivity index (χ3n) is 3.87. The first kappa shape index (κ1) is 16.1. The van der Waals surface area contributed by atoms with Crippen LogP contribution >= 0.6 is 0 Å². The van der Waals surface area contributed by atoms with Crippen molar-refractivity contribution in [3.8, 4) is 11.5 Å². The first-order chi connectivity index (χ1) is 10.3. The minimum absolute atomic E-state index is 0.560. The molecule has 0 radical (unpaired) electrons. The van der Waals surface area contributed by atoms with Crippen molar-refractivity contribution in [3.63, 3.8) is 0 Å². The van der Waals surface area contributed by atoms with E-state index in [2.05, 4.69) is 10.2 Å². The zero-order valence-electron chi connectivity index (χ0n) is 13.3. The van der Waals surface area contributed by atoms with Gasteiger partial charge >= 0.3 is 0 Å². The Bertz CT molecular complexity index is 420. The Hall–Kier alpha value is -1.30. The lowest BCUT2D eigenvalue weighted by Gasteiger charge is -2.27. The molecular weight excluding hydrogens is 268 g/mol. The first-order valence-corrected chi connectivity index (χ1v) is 7.44. The number of nitrogens with one attached hydrogen (secondary N) is 1. The average Bonchev–Trinajstić information content (AvgIpc) is 2.54. The van der Waals surface area contributed by atoms with Crippen molar-refractivity contribution in [2.24, 2.45) is 0 Å². The van der Waals surface area contributed by atoms with Crippen LogP contribution in [0.4, 0.5) is 0 Å². The van der Waals surface area contributed by atoms with Crippen molar-refractivity contribution < 1.29 is 14.2 Å². The third kappa shape index (κ3) is 4.33. The summed E-state index contributed by atoms with van der Waals surface area (Å²) < 4.78 is 16.3. The van der Waals surface area contributed by atoms with E-state index in [1.54, 1.807) is 21.3 Å². The molecule has 0 bridgehead atoms. The molecular formula is C16H26N2O3. The van der Waals surface area contributed by atoms with E-state index in [1.807, 2.05) is 12.1 Å². The standard InChI is InChI=1S/C16H26N2O3/c1-19-12-13-10-15(20-2)14(16(11-13)21-3)4-7-18-8-5-17-6-9-18/h10-11,17H,4-9,12H2,1-3H3. The maximum atomic E-state index is 5.55. The lowest BCUT2D eigenvalue weighted by molar-refractivity contribution is 0.184. The molecule has 5 heteroatoms. The SMILES string of the molecule is COCc1cc(OC)c(CCN2CCNCC2)c(OC)c1. The molecule has 1 saturated heterocycles. The number of ether oxygens (including phenoxy) is 3. The van der Waals surface area contributed by atoms with Crippen LogP contribution in [-0.2, 0) is 17.8 Å². The van der Waals surface area contributed by atoms with Crippen LogP contribution in [0.1, 0.15) is 11.1 Å². The molecule has 0 saturated carbocycles. The highest BCUT2D eigenvalue weighted by atomic mass is 16.5. The fourth-order valence-corrected chi connectivity index (χ4v) is 2.74. The average molecular weight is 294 g/mol. The van der Waals surface area contributed by atoms with Gasteiger partial charge in [0.25, 0.3) is 0 Å². The van der Waals surface area contributed by atoms with E-state index in [-0.39, 0.29) is 0 Å². The maximum Gasteiger partial charge on any atom is 0.126 e. The maximum absolute atomic E-state index is 5.55. The summed E-state index contributed by atoms with van der Waals surface area (Å²) in [5, 5.41) is 3.37. The van der Waals surface area contributed by atoms with Gasteiger partial charge in [0.1, 0.15) is 11.5 Å². The molecule has 1 aromatic rings. The van der Waals surface area contributed by atoms with Crippen LogP contribution < -0.4 is 14.8 Å². The molecule has 118 valence electrons. The van der Waals surface area contributed by atoms with E-state index >= 15 is 0 Å². The highest BCUT2D eigenvalue weighted by Crippen LogP contribution is 2.31. The summed E-state index contributed by atoms with van der Waals surface area (Å²) in [7, 11) is 5.11. The molecule has 1 aromatic carbocycles. The number of methoxy groups -OCH3 is 3. The normalized spacial score (nSPS) is 16.0. The summed E-state index contributed by atoms with van der Waals surface area (Å²) in [5.74, 6) is 1.77. The Balaban J connectivity index is 2.11. The molecule has 0 unspecified atom stereocenters. The molecule has 0 amide bonds. The van der Waals surface area contributed by atoms with Gasteiger partial charge in [-0.15, -0.1) is 0 Å². The van der Waals surface area contributed by atoms with Gasteiger partial charge in [0.2, 0.25) is 0 Å². The Labute approximate surface area is 127 Å². The largest absolute Gasteiger partial charge is 0.496 e. The van der Waals surface area contributed by atoms with Crippen molar-refractivity contribution in [1.82, 2.24) is 10.2 Å². The van der Waals surface area contributed by atoms with Gasteiger partial charge in [-0.1, -0.05) is 0 Å². The predicted molar refractivity (Wildman–Crippen MR) is 83.3 cm³/mol. The lowest BCUT2D eigenvalue weighted by Crippen LogP contribution is -2.44. The second-order valence-electron chi connectivity index (χ2n) is 5.25. The van der Waals surface area contributed by atoms with Gasteiger partial charge in [-0.05, 0) is 24.1 Å². The van der Waals surface area contributed by atoms with Crippen LogP contribution in [0.25, 0.3) is 0 Å².